The highest BCUT2D eigenvalue weighted by molar-refractivity contribution is 5.80. The summed E-state index contributed by atoms with van der Waals surface area (Å²) in [6.07, 6.45) is 78.4. The monoisotopic (exact) mass is 1250 g/mol. The van der Waals surface area contributed by atoms with Crippen LogP contribution in [-0.4, -0.2) is 99.6 Å². The molecule has 0 aromatic heterocycles. The van der Waals surface area contributed by atoms with Crippen LogP contribution in [0.1, 0.15) is 310 Å². The minimum atomic E-state index is -1.62. The Labute approximate surface area is 545 Å². The molecule has 1 aliphatic rings. The molecule has 0 aromatic carbocycles. The Bertz CT molecular complexity index is 1870. The Morgan fingerprint density at radius 2 is 0.809 bits per heavy atom. The number of allylic oxidation sites excluding steroid dienone is 17. The minimum absolute atomic E-state index is 0.109. The van der Waals surface area contributed by atoms with Crippen molar-refractivity contribution in [2.75, 3.05) is 13.2 Å². The second kappa shape index (κ2) is 64.4. The molecule has 512 valence electrons. The molecule has 0 saturated carbocycles. The molecule has 6 N–H and O–H groups in total. The minimum Gasteiger partial charge on any atom is -0.454 e. The molecule has 89 heavy (non-hydrogen) atoms. The Morgan fingerprint density at radius 3 is 1.24 bits per heavy atom. The van der Waals surface area contributed by atoms with Gasteiger partial charge in [-0.15, -0.1) is 0 Å². The second-order valence-electron chi connectivity index (χ2n) is 24.9. The SMILES string of the molecule is CC/C=C\C/C=C\C/C=C\C/C=C\C/C=C\C/C=C\CCCCCCCCCCC(=O)OC1C(OCC(NC(=O)C(O)CCCCCCCCCCCCCC/C=C\C/C=C\CCCCC)C(O)/C=C/CCCCCCCCCCC)OC(CO)C(O)C1O. The number of unbranched alkanes of at least 4 members (excludes halogenated alkanes) is 32. The molecule has 8 unspecified atom stereocenters. The molecular formula is C78H135NO10. The fourth-order valence-corrected chi connectivity index (χ4v) is 10.9. The van der Waals surface area contributed by atoms with Gasteiger partial charge < -0.3 is 45.1 Å². The third kappa shape index (κ3) is 51.5. The highest BCUT2D eigenvalue weighted by atomic mass is 16.7. The number of nitrogens with one attached hydrogen (secondary N) is 1. The number of esters is 1. The largest absolute Gasteiger partial charge is 0.454 e. The van der Waals surface area contributed by atoms with E-state index in [0.29, 0.717) is 12.8 Å². The van der Waals surface area contributed by atoms with Gasteiger partial charge >= 0.3 is 5.97 Å². The normalized spacial score (nSPS) is 18.8. The molecule has 0 spiro atoms. The van der Waals surface area contributed by atoms with Gasteiger partial charge in [-0.3, -0.25) is 9.59 Å². The molecule has 0 radical (unpaired) electrons. The fraction of sp³-hybridized carbons (Fsp3) is 0.744. The summed E-state index contributed by atoms with van der Waals surface area (Å²) in [6, 6.07) is -1.03. The van der Waals surface area contributed by atoms with E-state index in [1.807, 2.05) is 6.08 Å². The van der Waals surface area contributed by atoms with Crippen LogP contribution in [-0.2, 0) is 23.8 Å². The molecule has 0 aromatic rings. The van der Waals surface area contributed by atoms with Crippen LogP contribution in [0.15, 0.2) is 109 Å². The number of aliphatic hydroxyl groups excluding tert-OH is 5. The van der Waals surface area contributed by atoms with Crippen molar-refractivity contribution in [2.45, 2.75) is 359 Å². The Morgan fingerprint density at radius 1 is 0.449 bits per heavy atom. The summed E-state index contributed by atoms with van der Waals surface area (Å²) in [7, 11) is 0. The van der Waals surface area contributed by atoms with Crippen LogP contribution in [0, 0.1) is 0 Å². The average molecular weight is 1250 g/mol. The quantitative estimate of drug-likeness (QED) is 0.0195. The van der Waals surface area contributed by atoms with Crippen molar-refractivity contribution < 1.29 is 49.3 Å². The second-order valence-corrected chi connectivity index (χ2v) is 24.9. The molecule has 1 rings (SSSR count). The van der Waals surface area contributed by atoms with Crippen LogP contribution in [0.5, 0.6) is 0 Å². The van der Waals surface area contributed by atoms with Gasteiger partial charge in [-0.05, 0) is 109 Å². The molecule has 1 amide bonds. The van der Waals surface area contributed by atoms with Gasteiger partial charge in [0.2, 0.25) is 5.91 Å². The van der Waals surface area contributed by atoms with Gasteiger partial charge in [0, 0.05) is 6.42 Å². The van der Waals surface area contributed by atoms with Crippen molar-refractivity contribution in [2.24, 2.45) is 0 Å². The van der Waals surface area contributed by atoms with Gasteiger partial charge in [0.15, 0.2) is 12.4 Å². The molecule has 1 aliphatic heterocycles. The lowest BCUT2D eigenvalue weighted by Gasteiger charge is -2.41. The molecule has 8 atom stereocenters. The van der Waals surface area contributed by atoms with E-state index in [2.05, 4.69) is 123 Å². The lowest BCUT2D eigenvalue weighted by atomic mass is 9.99. The van der Waals surface area contributed by atoms with E-state index in [1.165, 1.54) is 148 Å². The Balaban J connectivity index is 2.54. The zero-order valence-corrected chi connectivity index (χ0v) is 57.0. The lowest BCUT2D eigenvalue weighted by Crippen LogP contribution is -2.61. The van der Waals surface area contributed by atoms with E-state index in [1.54, 1.807) is 6.08 Å². The molecule has 0 aliphatic carbocycles. The van der Waals surface area contributed by atoms with Gasteiger partial charge in [-0.1, -0.05) is 304 Å². The zero-order chi connectivity index (χ0) is 64.6. The predicted molar refractivity (Wildman–Crippen MR) is 375 cm³/mol. The van der Waals surface area contributed by atoms with E-state index >= 15 is 0 Å². The summed E-state index contributed by atoms with van der Waals surface area (Å²) in [5.74, 6) is -1.20. The third-order valence-corrected chi connectivity index (χ3v) is 16.7. The van der Waals surface area contributed by atoms with Gasteiger partial charge in [0.1, 0.15) is 24.4 Å². The fourth-order valence-electron chi connectivity index (χ4n) is 10.9. The van der Waals surface area contributed by atoms with Crippen LogP contribution in [0.25, 0.3) is 0 Å². The van der Waals surface area contributed by atoms with Crippen LogP contribution in [0.4, 0.5) is 0 Å². The Kier molecular flexibility index (Phi) is 60.3. The van der Waals surface area contributed by atoms with E-state index < -0.39 is 67.4 Å². The smallest absolute Gasteiger partial charge is 0.306 e. The standard InChI is InChI=1S/C78H135NO10/c1-4-7-10-13-16-19-22-24-26-28-30-32-34-35-36-37-38-40-42-44-46-48-51-54-57-60-63-66-73(83)89-76-75(85)74(84)72(67-80)88-78(76)87-68-69(70(81)64-61-58-55-52-49-21-18-15-12-9-6-3)79-77(86)71(82)65-62-59-56-53-50-47-45-43-41-39-33-31-29-27-25-23-20-17-14-11-8-5-2/h7,10,16-17,19-20,24-27,30,32,35-36,38,40,61,64,69-72,74-76,78,80-82,84-85H,4-6,8-9,11-15,18,21-23,28-29,31,33-34,37,39,41-60,62-63,65-68H2,1-3H3,(H,79,86)/b10-7-,19-16-,20-17-,26-24-,27-25-,32-30-,36-35-,40-38-,64-61+. The number of carbonyl (C=O) groups is 2. The topological polar surface area (TPSA) is 175 Å². The summed E-state index contributed by atoms with van der Waals surface area (Å²) in [4.78, 5) is 26.7. The molecule has 0 bridgehead atoms. The average Bonchev–Trinajstić information content (AvgIpc) is 1.43. The summed E-state index contributed by atoms with van der Waals surface area (Å²) < 4.78 is 17.7. The highest BCUT2D eigenvalue weighted by Gasteiger charge is 2.47. The lowest BCUT2D eigenvalue weighted by molar-refractivity contribution is -0.305. The highest BCUT2D eigenvalue weighted by Crippen LogP contribution is 2.26. The zero-order valence-electron chi connectivity index (χ0n) is 57.0. The van der Waals surface area contributed by atoms with Crippen LogP contribution in [0.2, 0.25) is 0 Å². The number of aliphatic hydroxyl groups is 5. The number of rotatable bonds is 62. The number of ether oxygens (including phenoxy) is 3. The van der Waals surface area contributed by atoms with Gasteiger partial charge in [0.05, 0.1) is 25.4 Å². The Hall–Kier alpha value is -3.68. The summed E-state index contributed by atoms with van der Waals surface area (Å²) in [6.45, 7) is 5.67. The van der Waals surface area contributed by atoms with Gasteiger partial charge in [0.25, 0.3) is 0 Å². The van der Waals surface area contributed by atoms with E-state index in [0.717, 1.165) is 116 Å². The van der Waals surface area contributed by atoms with Gasteiger partial charge in [-0.2, -0.15) is 0 Å². The van der Waals surface area contributed by atoms with Crippen molar-refractivity contribution in [3.63, 3.8) is 0 Å². The first-order valence-corrected chi connectivity index (χ1v) is 36.7. The third-order valence-electron chi connectivity index (χ3n) is 16.7. The molecule has 1 fully saturated rings. The summed E-state index contributed by atoms with van der Waals surface area (Å²) in [5, 5.41) is 57.3. The van der Waals surface area contributed by atoms with Crippen molar-refractivity contribution in [3.8, 4) is 0 Å². The number of carbonyl (C=O) groups excluding carboxylic acids is 2. The first-order chi connectivity index (χ1) is 43.7. The first kappa shape index (κ1) is 83.3. The number of amides is 1. The van der Waals surface area contributed by atoms with Crippen molar-refractivity contribution in [3.05, 3.63) is 109 Å². The molecule has 11 nitrogen and oxygen atoms in total. The summed E-state index contributed by atoms with van der Waals surface area (Å²) >= 11 is 0. The molecule has 1 saturated heterocycles. The van der Waals surface area contributed by atoms with Crippen molar-refractivity contribution in [1.82, 2.24) is 5.32 Å². The van der Waals surface area contributed by atoms with E-state index in [9.17, 15) is 35.1 Å². The van der Waals surface area contributed by atoms with E-state index in [4.69, 9.17) is 14.2 Å². The molecular weight excluding hydrogens is 1110 g/mol. The van der Waals surface area contributed by atoms with Crippen LogP contribution >= 0.6 is 0 Å². The number of hydrogen-bond donors (Lipinski definition) is 6. The predicted octanol–water partition coefficient (Wildman–Crippen LogP) is 19.2. The molecule has 11 heteroatoms. The van der Waals surface area contributed by atoms with Crippen molar-refractivity contribution >= 4 is 11.9 Å². The summed E-state index contributed by atoms with van der Waals surface area (Å²) in [5.41, 5.74) is 0. The van der Waals surface area contributed by atoms with Gasteiger partial charge in [-0.25, -0.2) is 0 Å². The van der Waals surface area contributed by atoms with Crippen LogP contribution in [0.3, 0.4) is 0 Å². The first-order valence-electron chi connectivity index (χ1n) is 36.7. The molecule has 1 heterocycles. The maximum Gasteiger partial charge on any atom is 0.306 e. The number of hydrogen-bond acceptors (Lipinski definition) is 10. The maximum absolute atomic E-state index is 13.5. The van der Waals surface area contributed by atoms with Crippen molar-refractivity contribution in [1.29, 1.82) is 0 Å². The van der Waals surface area contributed by atoms with E-state index in [-0.39, 0.29) is 19.4 Å². The maximum atomic E-state index is 13.5. The van der Waals surface area contributed by atoms with Crippen LogP contribution < -0.4 is 5.32 Å².